The molecule has 0 aromatic heterocycles. The molecule has 0 aliphatic rings. The highest BCUT2D eigenvalue weighted by atomic mass is 32.2. The van der Waals surface area contributed by atoms with Crippen LogP contribution in [0.2, 0.25) is 0 Å². The van der Waals surface area contributed by atoms with Gasteiger partial charge in [0.25, 0.3) is 5.69 Å². The van der Waals surface area contributed by atoms with Crippen molar-refractivity contribution >= 4 is 27.6 Å². The first-order valence-corrected chi connectivity index (χ1v) is 9.99. The van der Waals surface area contributed by atoms with Gasteiger partial charge < -0.3 is 4.74 Å². The highest BCUT2D eigenvalue weighted by Gasteiger charge is 2.27. The third kappa shape index (κ3) is 4.84. The Hall–Kier alpha value is -2.98. The summed E-state index contributed by atoms with van der Waals surface area (Å²) >= 11 is 0. The lowest BCUT2D eigenvalue weighted by atomic mass is 10.2. The predicted octanol–water partition coefficient (Wildman–Crippen LogP) is 3.08. The number of nitrogens with one attached hydrogen (secondary N) is 1. The quantitative estimate of drug-likeness (QED) is 0.389. The van der Waals surface area contributed by atoms with E-state index in [1.807, 2.05) is 0 Å². The van der Waals surface area contributed by atoms with Crippen LogP contribution in [0.25, 0.3) is 0 Å². The molecule has 0 aliphatic carbocycles. The average molecular weight is 406 g/mol. The Balaban J connectivity index is 2.40. The molecule has 0 radical (unpaired) electrons. The summed E-state index contributed by atoms with van der Waals surface area (Å²) < 4.78 is 32.2. The second-order valence-electron chi connectivity index (χ2n) is 5.67. The zero-order chi connectivity index (χ0) is 20.7. The Kier molecular flexibility index (Phi) is 7.07. The van der Waals surface area contributed by atoms with E-state index < -0.39 is 14.9 Å². The number of sulfonamides is 1. The van der Waals surface area contributed by atoms with Crippen LogP contribution in [0.3, 0.4) is 0 Å². The fourth-order valence-corrected chi connectivity index (χ4v) is 4.15. The molecule has 0 spiro atoms. The highest BCUT2D eigenvalue weighted by molar-refractivity contribution is 7.89. The molecule has 0 heterocycles. The summed E-state index contributed by atoms with van der Waals surface area (Å²) in [7, 11) is -2.37. The minimum Gasteiger partial charge on any atom is -0.497 e. The largest absolute Gasteiger partial charge is 0.497 e. The molecule has 0 unspecified atom stereocenters. The molecule has 0 bridgehead atoms. The Morgan fingerprint density at radius 1 is 1.21 bits per heavy atom. The number of non-ortho nitro benzene ring substituents is 1. The number of hydrogen-bond acceptors (Lipinski definition) is 7. The molecule has 0 fully saturated rings. The first kappa shape index (κ1) is 21.3. The normalized spacial score (nSPS) is 11.7. The number of rotatable bonds is 9. The lowest BCUT2D eigenvalue weighted by Crippen LogP contribution is -2.31. The van der Waals surface area contributed by atoms with Gasteiger partial charge in [0.15, 0.2) is 0 Å². The summed E-state index contributed by atoms with van der Waals surface area (Å²) in [5, 5.41) is 15.2. The molecule has 150 valence electrons. The number of benzene rings is 2. The number of methoxy groups -OCH3 is 1. The number of ether oxygens (including phenoxy) is 1. The monoisotopic (exact) mass is 406 g/mol. The van der Waals surface area contributed by atoms with Crippen molar-refractivity contribution in [1.29, 1.82) is 0 Å². The fraction of sp³-hybridized carbons (Fsp3) is 0.278. The minimum absolute atomic E-state index is 0.150. The Morgan fingerprint density at radius 3 is 2.54 bits per heavy atom. The van der Waals surface area contributed by atoms with E-state index >= 15 is 0 Å². The van der Waals surface area contributed by atoms with E-state index in [1.165, 1.54) is 22.7 Å². The summed E-state index contributed by atoms with van der Waals surface area (Å²) in [6.07, 6.45) is 1.50. The molecule has 2 aromatic rings. The standard InChI is InChI=1S/C18H22N4O5S/c1-4-21(5-2)28(25,26)18-12-15(22(23)24)9-10-17(18)20-19-13-14-7-6-8-16(11-14)27-3/h6-13,20H,4-5H2,1-3H3/b19-13-. The van der Waals surface area contributed by atoms with Crippen LogP contribution in [0.4, 0.5) is 11.4 Å². The van der Waals surface area contributed by atoms with Gasteiger partial charge in [-0.15, -0.1) is 0 Å². The number of nitro groups is 1. The lowest BCUT2D eigenvalue weighted by Gasteiger charge is -2.20. The van der Waals surface area contributed by atoms with Gasteiger partial charge in [-0.05, 0) is 23.8 Å². The van der Waals surface area contributed by atoms with Crippen molar-refractivity contribution in [1.82, 2.24) is 4.31 Å². The van der Waals surface area contributed by atoms with Gasteiger partial charge >= 0.3 is 0 Å². The fourth-order valence-electron chi connectivity index (χ4n) is 2.53. The molecular formula is C18H22N4O5S. The maximum Gasteiger partial charge on any atom is 0.270 e. The molecule has 28 heavy (non-hydrogen) atoms. The van der Waals surface area contributed by atoms with Gasteiger partial charge in [-0.2, -0.15) is 9.41 Å². The smallest absolute Gasteiger partial charge is 0.270 e. The summed E-state index contributed by atoms with van der Waals surface area (Å²) in [6.45, 7) is 3.89. The number of nitro benzene ring substituents is 1. The van der Waals surface area contributed by atoms with Crippen LogP contribution in [0.1, 0.15) is 19.4 Å². The van der Waals surface area contributed by atoms with Crippen LogP contribution >= 0.6 is 0 Å². The van der Waals surface area contributed by atoms with Gasteiger partial charge in [0.1, 0.15) is 10.6 Å². The molecule has 10 heteroatoms. The molecule has 0 amide bonds. The van der Waals surface area contributed by atoms with E-state index in [9.17, 15) is 18.5 Å². The van der Waals surface area contributed by atoms with E-state index in [0.29, 0.717) is 5.75 Å². The molecule has 2 aromatic carbocycles. The maximum atomic E-state index is 12.9. The molecule has 9 nitrogen and oxygen atoms in total. The van der Waals surface area contributed by atoms with Crippen LogP contribution < -0.4 is 10.2 Å². The van der Waals surface area contributed by atoms with Crippen LogP contribution in [0.5, 0.6) is 5.75 Å². The van der Waals surface area contributed by atoms with Gasteiger partial charge in [-0.3, -0.25) is 15.5 Å². The van der Waals surface area contributed by atoms with E-state index in [1.54, 1.807) is 45.2 Å². The molecule has 1 N–H and O–H groups in total. The second kappa shape index (κ2) is 9.29. The Morgan fingerprint density at radius 2 is 1.93 bits per heavy atom. The molecule has 0 aliphatic heterocycles. The van der Waals surface area contributed by atoms with Crippen LogP contribution in [-0.2, 0) is 10.0 Å². The first-order valence-electron chi connectivity index (χ1n) is 8.55. The number of anilines is 1. The molecule has 0 saturated carbocycles. The third-order valence-corrected chi connectivity index (χ3v) is 6.08. The van der Waals surface area contributed by atoms with Crippen molar-refractivity contribution in [3.8, 4) is 5.75 Å². The van der Waals surface area contributed by atoms with Gasteiger partial charge in [-0.25, -0.2) is 8.42 Å². The van der Waals surface area contributed by atoms with Crippen molar-refractivity contribution in [3.05, 3.63) is 58.1 Å². The topological polar surface area (TPSA) is 114 Å². The van der Waals surface area contributed by atoms with Crippen molar-refractivity contribution in [2.75, 3.05) is 25.6 Å². The lowest BCUT2D eigenvalue weighted by molar-refractivity contribution is -0.385. The Bertz CT molecular complexity index is 972. The van der Waals surface area contributed by atoms with Crippen LogP contribution in [0, 0.1) is 10.1 Å². The zero-order valence-corrected chi connectivity index (χ0v) is 16.6. The van der Waals surface area contributed by atoms with Gasteiger partial charge in [-0.1, -0.05) is 26.0 Å². The first-order chi connectivity index (χ1) is 13.3. The van der Waals surface area contributed by atoms with E-state index in [4.69, 9.17) is 4.74 Å². The van der Waals surface area contributed by atoms with Crippen molar-refractivity contribution in [2.45, 2.75) is 18.7 Å². The summed E-state index contributed by atoms with van der Waals surface area (Å²) in [4.78, 5) is 10.3. The number of hydrazone groups is 1. The van der Waals surface area contributed by atoms with Gasteiger partial charge in [0.2, 0.25) is 10.0 Å². The molecule has 0 saturated heterocycles. The SMILES string of the molecule is CCN(CC)S(=O)(=O)c1cc([N+](=O)[O-])ccc1N/N=C\c1cccc(OC)c1. The zero-order valence-electron chi connectivity index (χ0n) is 15.8. The van der Waals surface area contributed by atoms with E-state index in [0.717, 1.165) is 11.6 Å². The van der Waals surface area contributed by atoms with Crippen molar-refractivity contribution in [3.63, 3.8) is 0 Å². The van der Waals surface area contributed by atoms with Gasteiger partial charge in [0, 0.05) is 25.2 Å². The minimum atomic E-state index is -3.92. The number of nitrogens with zero attached hydrogens (tertiary/aromatic N) is 3. The summed E-state index contributed by atoms with van der Waals surface area (Å²) in [5.74, 6) is 0.657. The third-order valence-electron chi connectivity index (χ3n) is 3.99. The summed E-state index contributed by atoms with van der Waals surface area (Å²) in [6, 6.07) is 10.7. The van der Waals surface area contributed by atoms with Crippen molar-refractivity contribution < 1.29 is 18.1 Å². The molecule has 2 rings (SSSR count). The highest BCUT2D eigenvalue weighted by Crippen LogP contribution is 2.29. The number of hydrogen-bond donors (Lipinski definition) is 1. The second-order valence-corrected chi connectivity index (χ2v) is 7.58. The molecular weight excluding hydrogens is 384 g/mol. The maximum absolute atomic E-state index is 12.9. The Labute approximate surface area is 163 Å². The summed E-state index contributed by atoms with van der Waals surface area (Å²) in [5.41, 5.74) is 3.25. The predicted molar refractivity (Wildman–Crippen MR) is 107 cm³/mol. The average Bonchev–Trinajstić information content (AvgIpc) is 2.68. The van der Waals surface area contributed by atoms with Crippen LogP contribution in [-0.4, -0.2) is 44.1 Å². The van der Waals surface area contributed by atoms with E-state index in [-0.39, 0.29) is 29.4 Å². The molecule has 0 atom stereocenters. The van der Waals surface area contributed by atoms with Crippen molar-refractivity contribution in [2.24, 2.45) is 5.10 Å². The van der Waals surface area contributed by atoms with E-state index in [2.05, 4.69) is 10.5 Å². The van der Waals surface area contributed by atoms with Crippen LogP contribution in [0.15, 0.2) is 52.5 Å². The van der Waals surface area contributed by atoms with Gasteiger partial charge in [0.05, 0.1) is 23.9 Å².